The van der Waals surface area contributed by atoms with Crippen LogP contribution in [0.5, 0.6) is 0 Å². The molecule has 0 heterocycles. The molecule has 0 rings (SSSR count). The van der Waals surface area contributed by atoms with E-state index in [2.05, 4.69) is 0 Å². The van der Waals surface area contributed by atoms with Crippen molar-refractivity contribution in [3.05, 3.63) is 0 Å². The first-order chi connectivity index (χ1) is 8.44. The second-order valence-electron chi connectivity index (χ2n) is 6.82. The van der Waals surface area contributed by atoms with E-state index in [1.807, 2.05) is 48.5 Å². The molecule has 0 bridgehead atoms. The van der Waals surface area contributed by atoms with Gasteiger partial charge in [-0.3, -0.25) is 9.59 Å². The molecule has 0 radical (unpaired) electrons. The van der Waals surface area contributed by atoms with E-state index in [0.717, 1.165) is 0 Å². The molecular formula is C15H29NO3. The molecule has 3 N–H and O–H groups in total. The first-order valence-electron chi connectivity index (χ1n) is 6.96. The summed E-state index contributed by atoms with van der Waals surface area (Å²) >= 11 is 0. The summed E-state index contributed by atoms with van der Waals surface area (Å²) in [6, 6.07) is 0. The number of hydrogen-bond donors (Lipinski definition) is 2. The van der Waals surface area contributed by atoms with Crippen LogP contribution in [0.2, 0.25) is 0 Å². The number of carboxylic acids is 1. The largest absolute Gasteiger partial charge is 0.481 e. The van der Waals surface area contributed by atoms with Gasteiger partial charge in [-0.1, -0.05) is 48.5 Å². The van der Waals surface area contributed by atoms with Crippen LogP contribution in [0, 0.1) is 35.0 Å². The minimum absolute atomic E-state index is 0.0587. The first kappa shape index (κ1) is 17.9. The van der Waals surface area contributed by atoms with E-state index < -0.39 is 29.1 Å². The second kappa shape index (κ2) is 6.40. The van der Waals surface area contributed by atoms with Gasteiger partial charge in [0.15, 0.2) is 0 Å². The van der Waals surface area contributed by atoms with Gasteiger partial charge in [0, 0.05) is 0 Å². The van der Waals surface area contributed by atoms with E-state index >= 15 is 0 Å². The molecule has 3 unspecified atom stereocenters. The van der Waals surface area contributed by atoms with Crippen molar-refractivity contribution in [2.24, 2.45) is 40.7 Å². The Morgan fingerprint density at radius 1 is 1.05 bits per heavy atom. The Kier molecular flexibility index (Phi) is 6.04. The molecule has 4 heteroatoms. The van der Waals surface area contributed by atoms with Gasteiger partial charge in [0.2, 0.25) is 5.91 Å². The average Bonchev–Trinajstić information content (AvgIpc) is 2.22. The number of primary amides is 1. The number of amides is 1. The Morgan fingerprint density at radius 3 is 1.68 bits per heavy atom. The zero-order valence-electron chi connectivity index (χ0n) is 13.2. The fourth-order valence-electron chi connectivity index (χ4n) is 2.44. The van der Waals surface area contributed by atoms with Crippen molar-refractivity contribution in [3.63, 3.8) is 0 Å². The molecule has 0 aromatic rings. The molecule has 0 aromatic carbocycles. The third-order valence-electron chi connectivity index (χ3n) is 4.86. The van der Waals surface area contributed by atoms with Crippen LogP contribution in [0.15, 0.2) is 0 Å². The third-order valence-corrected chi connectivity index (χ3v) is 4.86. The van der Waals surface area contributed by atoms with Crippen LogP contribution in [-0.4, -0.2) is 17.0 Å². The van der Waals surface area contributed by atoms with Gasteiger partial charge < -0.3 is 10.8 Å². The summed E-state index contributed by atoms with van der Waals surface area (Å²) in [5, 5.41) is 9.60. The minimum Gasteiger partial charge on any atom is -0.481 e. The van der Waals surface area contributed by atoms with E-state index in [0.29, 0.717) is 0 Å². The van der Waals surface area contributed by atoms with Gasteiger partial charge in [0.25, 0.3) is 0 Å². The summed E-state index contributed by atoms with van der Waals surface area (Å²) in [6.07, 6.45) is 0. The fourth-order valence-corrected chi connectivity index (χ4v) is 2.44. The molecule has 0 aliphatic carbocycles. The normalized spacial score (nSPS) is 17.3. The Hall–Kier alpha value is -1.06. The van der Waals surface area contributed by atoms with E-state index in [9.17, 15) is 14.7 Å². The summed E-state index contributed by atoms with van der Waals surface area (Å²) in [5.41, 5.74) is 5.02. The van der Waals surface area contributed by atoms with E-state index in [1.54, 1.807) is 0 Å². The molecule has 112 valence electrons. The predicted octanol–water partition coefficient (Wildman–Crippen LogP) is 2.76. The third kappa shape index (κ3) is 3.95. The maximum atomic E-state index is 11.8. The van der Waals surface area contributed by atoms with Crippen molar-refractivity contribution in [2.75, 3.05) is 0 Å². The molecule has 0 saturated carbocycles. The van der Waals surface area contributed by atoms with Gasteiger partial charge in [0.05, 0.1) is 11.8 Å². The summed E-state index contributed by atoms with van der Waals surface area (Å²) in [7, 11) is 0. The number of carboxylic acid groups (broad SMARTS) is 1. The lowest BCUT2D eigenvalue weighted by atomic mass is 9.61. The zero-order chi connectivity index (χ0) is 15.5. The molecule has 1 amide bonds. The van der Waals surface area contributed by atoms with Gasteiger partial charge in [-0.05, 0) is 23.2 Å². The lowest BCUT2D eigenvalue weighted by Crippen LogP contribution is -2.48. The van der Waals surface area contributed by atoms with Gasteiger partial charge >= 0.3 is 5.97 Å². The summed E-state index contributed by atoms with van der Waals surface area (Å²) in [6.45, 7) is 13.6. The molecule has 4 nitrogen and oxygen atoms in total. The number of nitrogens with two attached hydrogens (primary N) is 1. The summed E-state index contributed by atoms with van der Waals surface area (Å²) in [4.78, 5) is 23.5. The van der Waals surface area contributed by atoms with Gasteiger partial charge in [-0.15, -0.1) is 0 Å². The number of carbonyl (C=O) groups is 2. The van der Waals surface area contributed by atoms with Crippen LogP contribution < -0.4 is 5.73 Å². The number of hydrogen-bond acceptors (Lipinski definition) is 2. The Morgan fingerprint density at radius 2 is 1.47 bits per heavy atom. The van der Waals surface area contributed by atoms with Crippen molar-refractivity contribution in [1.29, 1.82) is 0 Å². The van der Waals surface area contributed by atoms with E-state index in [1.165, 1.54) is 0 Å². The van der Waals surface area contributed by atoms with Crippen LogP contribution >= 0.6 is 0 Å². The topological polar surface area (TPSA) is 80.4 Å². The van der Waals surface area contributed by atoms with Crippen molar-refractivity contribution in [1.82, 2.24) is 0 Å². The molecule has 0 aliphatic heterocycles. The second-order valence-corrected chi connectivity index (χ2v) is 6.82. The van der Waals surface area contributed by atoms with E-state index in [-0.39, 0.29) is 17.8 Å². The molecule has 0 spiro atoms. The first-order valence-corrected chi connectivity index (χ1v) is 6.96. The van der Waals surface area contributed by atoms with Gasteiger partial charge in [0.1, 0.15) is 0 Å². The maximum Gasteiger partial charge on any atom is 0.307 e. The zero-order valence-corrected chi connectivity index (χ0v) is 13.2. The van der Waals surface area contributed by atoms with Crippen LogP contribution in [0.1, 0.15) is 48.5 Å². The maximum absolute atomic E-state index is 11.8. The number of rotatable bonds is 7. The van der Waals surface area contributed by atoms with Crippen molar-refractivity contribution in [3.8, 4) is 0 Å². The molecule has 3 atom stereocenters. The van der Waals surface area contributed by atoms with Crippen LogP contribution in [0.4, 0.5) is 0 Å². The highest BCUT2D eigenvalue weighted by Crippen LogP contribution is 2.43. The van der Waals surface area contributed by atoms with Crippen LogP contribution in [-0.2, 0) is 9.59 Å². The quantitative estimate of drug-likeness (QED) is 0.747. The average molecular weight is 271 g/mol. The van der Waals surface area contributed by atoms with Gasteiger partial charge in [-0.25, -0.2) is 0 Å². The van der Waals surface area contributed by atoms with Crippen molar-refractivity contribution >= 4 is 11.9 Å². The highest BCUT2D eigenvalue weighted by Gasteiger charge is 2.47. The lowest BCUT2D eigenvalue weighted by Gasteiger charge is -2.41. The minimum atomic E-state index is -0.935. The van der Waals surface area contributed by atoms with Gasteiger partial charge in [-0.2, -0.15) is 0 Å². The number of carbonyl (C=O) groups excluding carboxylic acids is 1. The Labute approximate surface area is 116 Å². The highest BCUT2D eigenvalue weighted by atomic mass is 16.4. The molecule has 0 saturated heterocycles. The Bertz CT molecular complexity index is 334. The Balaban J connectivity index is 5.69. The SMILES string of the molecule is CC(C)C(C)C(C(N)=O)C(C(=O)O)C(C)(C)C(C)C. The smallest absolute Gasteiger partial charge is 0.307 e. The molecule has 19 heavy (non-hydrogen) atoms. The monoisotopic (exact) mass is 271 g/mol. The van der Waals surface area contributed by atoms with Crippen LogP contribution in [0.3, 0.4) is 0 Å². The molecule has 0 fully saturated rings. The summed E-state index contributed by atoms with van der Waals surface area (Å²) < 4.78 is 0. The van der Waals surface area contributed by atoms with Crippen molar-refractivity contribution in [2.45, 2.75) is 48.5 Å². The predicted molar refractivity (Wildman–Crippen MR) is 76.4 cm³/mol. The van der Waals surface area contributed by atoms with Crippen LogP contribution in [0.25, 0.3) is 0 Å². The van der Waals surface area contributed by atoms with E-state index in [4.69, 9.17) is 5.73 Å². The molecule has 0 aliphatic rings. The number of aliphatic carboxylic acids is 1. The standard InChI is InChI=1S/C15H29NO3/c1-8(2)10(5)11(13(16)17)12(14(18)19)15(6,7)9(3)4/h8-12H,1-7H3,(H2,16,17)(H,18,19). The molecule has 0 aromatic heterocycles. The summed E-state index contributed by atoms with van der Waals surface area (Å²) in [5.74, 6) is -2.55. The molecular weight excluding hydrogens is 242 g/mol. The fraction of sp³-hybridized carbons (Fsp3) is 0.867. The lowest BCUT2D eigenvalue weighted by molar-refractivity contribution is -0.156. The highest BCUT2D eigenvalue weighted by molar-refractivity contribution is 5.84. The van der Waals surface area contributed by atoms with Crippen molar-refractivity contribution < 1.29 is 14.7 Å².